The van der Waals surface area contributed by atoms with E-state index in [9.17, 15) is 0 Å². The third-order valence-corrected chi connectivity index (χ3v) is 19.6. The molecular formula is C66H45N3Si. The Balaban J connectivity index is 0.909. The minimum absolute atomic E-state index is 1.09. The van der Waals surface area contributed by atoms with Gasteiger partial charge in [0, 0.05) is 55.1 Å². The minimum atomic E-state index is -2.73. The van der Waals surface area contributed by atoms with Crippen LogP contribution in [0.4, 0.5) is 17.1 Å². The molecule has 0 atom stereocenters. The first-order valence-corrected chi connectivity index (χ1v) is 26.2. The van der Waals surface area contributed by atoms with Crippen molar-refractivity contribution in [2.75, 3.05) is 4.90 Å². The van der Waals surface area contributed by atoms with Crippen molar-refractivity contribution in [3.63, 3.8) is 0 Å². The van der Waals surface area contributed by atoms with Gasteiger partial charge in [0.15, 0.2) is 8.07 Å². The lowest BCUT2D eigenvalue weighted by atomic mass is 10.0. The zero-order valence-corrected chi connectivity index (χ0v) is 39.3. The molecule has 328 valence electrons. The molecule has 70 heavy (non-hydrogen) atoms. The molecule has 0 spiro atoms. The average molecular weight is 908 g/mol. The first-order valence-electron chi connectivity index (χ1n) is 24.2. The molecule has 0 saturated carbocycles. The summed E-state index contributed by atoms with van der Waals surface area (Å²) in [7, 11) is -2.73. The summed E-state index contributed by atoms with van der Waals surface area (Å²) >= 11 is 0. The molecule has 0 aliphatic rings. The molecule has 0 N–H and O–H groups in total. The number of rotatable bonds is 9. The number of fused-ring (bicyclic) bond motifs is 9. The van der Waals surface area contributed by atoms with Crippen molar-refractivity contribution < 1.29 is 0 Å². The molecule has 3 heterocycles. The van der Waals surface area contributed by atoms with Crippen LogP contribution in [0.25, 0.3) is 76.7 Å². The molecule has 0 aliphatic carbocycles. The maximum atomic E-state index is 2.46. The van der Waals surface area contributed by atoms with E-state index in [4.69, 9.17) is 0 Å². The monoisotopic (exact) mass is 907 g/mol. The maximum Gasteiger partial charge on any atom is 0.179 e. The summed E-state index contributed by atoms with van der Waals surface area (Å²) in [5.74, 6) is 0. The second-order valence-electron chi connectivity index (χ2n) is 18.4. The van der Waals surface area contributed by atoms with E-state index in [1.807, 2.05) is 0 Å². The minimum Gasteiger partial charge on any atom is -0.310 e. The van der Waals surface area contributed by atoms with Crippen LogP contribution in [0, 0.1) is 0 Å². The van der Waals surface area contributed by atoms with Gasteiger partial charge in [-0.3, -0.25) is 0 Å². The van der Waals surface area contributed by atoms with E-state index in [1.165, 1.54) is 91.8 Å². The van der Waals surface area contributed by atoms with E-state index in [-0.39, 0.29) is 0 Å². The van der Waals surface area contributed by atoms with Crippen LogP contribution in [0.3, 0.4) is 0 Å². The van der Waals surface area contributed by atoms with Crippen molar-refractivity contribution >= 4 is 106 Å². The van der Waals surface area contributed by atoms with E-state index < -0.39 is 8.07 Å². The molecule has 3 aromatic heterocycles. The van der Waals surface area contributed by atoms with Gasteiger partial charge in [-0.2, -0.15) is 0 Å². The fraction of sp³-hybridized carbons (Fsp3) is 0. The highest BCUT2D eigenvalue weighted by Crippen LogP contribution is 2.43. The van der Waals surface area contributed by atoms with Crippen molar-refractivity contribution in [1.29, 1.82) is 0 Å². The molecule has 14 aromatic rings. The van der Waals surface area contributed by atoms with Crippen LogP contribution in [0.1, 0.15) is 0 Å². The lowest BCUT2D eigenvalue weighted by Crippen LogP contribution is -2.74. The molecule has 0 saturated heterocycles. The van der Waals surface area contributed by atoms with Crippen LogP contribution in [0.2, 0.25) is 0 Å². The molecular weight excluding hydrogens is 863 g/mol. The quantitative estimate of drug-likeness (QED) is 0.104. The first kappa shape index (κ1) is 40.1. The van der Waals surface area contributed by atoms with Crippen LogP contribution < -0.4 is 25.6 Å². The topological polar surface area (TPSA) is 12.6 Å². The number of aromatic nitrogens is 2. The van der Waals surface area contributed by atoms with E-state index >= 15 is 0 Å². The number of anilines is 3. The van der Waals surface area contributed by atoms with E-state index in [0.717, 1.165) is 22.7 Å². The third-order valence-electron chi connectivity index (χ3n) is 14.8. The Bertz CT molecular complexity index is 4050. The molecule has 0 unspecified atom stereocenters. The fourth-order valence-electron chi connectivity index (χ4n) is 11.7. The van der Waals surface area contributed by atoms with Crippen molar-refractivity contribution in [3.8, 4) is 16.8 Å². The molecule has 0 bridgehead atoms. The molecule has 0 amide bonds. The maximum absolute atomic E-state index is 2.73. The normalized spacial score (nSPS) is 12.0. The molecule has 14 rings (SSSR count). The van der Waals surface area contributed by atoms with Crippen LogP contribution in [-0.2, 0) is 0 Å². The summed E-state index contributed by atoms with van der Waals surface area (Å²) in [5, 5.41) is 13.1. The smallest absolute Gasteiger partial charge is 0.179 e. The van der Waals surface area contributed by atoms with Gasteiger partial charge in [-0.15, -0.1) is 0 Å². The summed E-state index contributed by atoms with van der Waals surface area (Å²) in [6.07, 6.45) is 0. The van der Waals surface area contributed by atoms with Crippen molar-refractivity contribution in [1.82, 2.24) is 8.97 Å². The standard InChI is InChI=1S/C66H45N3Si/c1-4-17-52(18-5-1)70(53-19-6-2-7-20-53,54-21-8-3-9-22-54)55-42-39-49(40-43-55)67(51-41-44-65-61(45-51)60-27-16-26-59-58-25-12-15-30-64(58)69(65)66(59)60)48-35-31-46(32-36-48)47-33-37-50(38-34-47)68-62-28-13-10-23-56(62)57-24-11-14-29-63(57)68/h1-45H. The number of hydrogen-bond acceptors (Lipinski definition) is 1. The van der Waals surface area contributed by atoms with Crippen LogP contribution in [0.5, 0.6) is 0 Å². The van der Waals surface area contributed by atoms with Gasteiger partial charge >= 0.3 is 0 Å². The lowest BCUT2D eigenvalue weighted by Gasteiger charge is -2.35. The molecule has 3 nitrogen and oxygen atoms in total. The molecule has 4 heteroatoms. The Labute approximate surface area is 407 Å². The highest BCUT2D eigenvalue weighted by molar-refractivity contribution is 7.19. The van der Waals surface area contributed by atoms with Gasteiger partial charge in [0.25, 0.3) is 0 Å². The van der Waals surface area contributed by atoms with E-state index in [1.54, 1.807) is 0 Å². The van der Waals surface area contributed by atoms with Gasteiger partial charge in [0.05, 0.1) is 27.6 Å². The van der Waals surface area contributed by atoms with Gasteiger partial charge in [-0.1, -0.05) is 200 Å². The number of para-hydroxylation sites is 4. The lowest BCUT2D eigenvalue weighted by molar-refractivity contribution is 1.18. The van der Waals surface area contributed by atoms with Crippen molar-refractivity contribution in [2.45, 2.75) is 0 Å². The molecule has 0 aliphatic heterocycles. The average Bonchev–Trinajstić information content (AvgIpc) is 4.08. The highest BCUT2D eigenvalue weighted by Gasteiger charge is 2.41. The highest BCUT2D eigenvalue weighted by atomic mass is 28.3. The van der Waals surface area contributed by atoms with Gasteiger partial charge in [0.2, 0.25) is 0 Å². The number of benzene rings is 11. The Kier molecular flexibility index (Phi) is 9.23. The largest absolute Gasteiger partial charge is 0.310 e. The summed E-state index contributed by atoms with van der Waals surface area (Å²) in [4.78, 5) is 2.43. The number of hydrogen-bond donors (Lipinski definition) is 0. The SMILES string of the molecule is c1ccc([Si](c2ccccc2)(c2ccccc2)c2ccc(N(c3ccc(-c4ccc(-n5c6ccccc6c6ccccc65)cc4)cc3)c3ccc4c(c3)c3cccc5c6ccccc6n4c53)cc2)cc1. The summed E-state index contributed by atoms with van der Waals surface area (Å²) in [6, 6.07) is 101. The molecule has 11 aromatic carbocycles. The predicted octanol–water partition coefficient (Wildman–Crippen LogP) is 14.4. The third kappa shape index (κ3) is 6.07. The van der Waals surface area contributed by atoms with Crippen molar-refractivity contribution in [2.24, 2.45) is 0 Å². The van der Waals surface area contributed by atoms with Crippen LogP contribution in [0.15, 0.2) is 273 Å². The zero-order chi connectivity index (χ0) is 46.2. The Hall–Kier alpha value is -8.96. The summed E-state index contributed by atoms with van der Waals surface area (Å²) < 4.78 is 4.84. The van der Waals surface area contributed by atoms with E-state index in [0.29, 0.717) is 0 Å². The van der Waals surface area contributed by atoms with Crippen LogP contribution in [-0.4, -0.2) is 17.0 Å². The van der Waals surface area contributed by atoms with Gasteiger partial charge in [-0.05, 0) is 105 Å². The predicted molar refractivity (Wildman–Crippen MR) is 299 cm³/mol. The van der Waals surface area contributed by atoms with E-state index in [2.05, 4.69) is 287 Å². The van der Waals surface area contributed by atoms with Gasteiger partial charge < -0.3 is 13.9 Å². The van der Waals surface area contributed by atoms with Crippen molar-refractivity contribution in [3.05, 3.63) is 273 Å². The Morgan fingerprint density at radius 2 is 0.657 bits per heavy atom. The molecule has 0 fully saturated rings. The summed E-state index contributed by atoms with van der Waals surface area (Å²) in [6.45, 7) is 0. The van der Waals surface area contributed by atoms with Gasteiger partial charge in [-0.25, -0.2) is 0 Å². The second-order valence-corrected chi connectivity index (χ2v) is 22.3. The first-order chi connectivity index (χ1) is 34.7. The Morgan fingerprint density at radius 1 is 0.271 bits per heavy atom. The Morgan fingerprint density at radius 3 is 1.20 bits per heavy atom. The molecule has 0 radical (unpaired) electrons. The van der Waals surface area contributed by atoms with Gasteiger partial charge in [0.1, 0.15) is 0 Å². The van der Waals surface area contributed by atoms with Crippen LogP contribution >= 0.6 is 0 Å². The number of nitrogens with zero attached hydrogens (tertiary/aromatic N) is 3. The zero-order valence-electron chi connectivity index (χ0n) is 38.3. The fourth-order valence-corrected chi connectivity index (χ4v) is 16.5. The summed E-state index contributed by atoms with van der Waals surface area (Å²) in [5.41, 5.74) is 13.0. The second kappa shape index (κ2) is 16.1.